The summed E-state index contributed by atoms with van der Waals surface area (Å²) in [7, 11) is 0. The number of hydrogen-bond donors (Lipinski definition) is 6. The van der Waals surface area contributed by atoms with E-state index >= 15 is 0 Å². The minimum Gasteiger partial charge on any atom is -0.430 e. The lowest BCUT2D eigenvalue weighted by Gasteiger charge is -2.27. The molecule has 8 nitrogen and oxygen atoms in total. The fourth-order valence-corrected chi connectivity index (χ4v) is 3.39. The third-order valence-corrected chi connectivity index (χ3v) is 5.54. The highest BCUT2D eigenvalue weighted by Crippen LogP contribution is 2.13. The molecular formula is C24H46O8. The Kier molecular flexibility index (Phi) is 19.9. The maximum absolute atomic E-state index is 11.7. The Morgan fingerprint density at radius 2 is 1.19 bits per heavy atom. The van der Waals surface area contributed by atoms with E-state index in [9.17, 15) is 30.3 Å². The number of rotatable bonds is 21. The summed E-state index contributed by atoms with van der Waals surface area (Å²) in [6.07, 6.45) is 10.1. The molecule has 0 bridgehead atoms. The topological polar surface area (TPSA) is 148 Å². The van der Waals surface area contributed by atoms with E-state index < -0.39 is 43.3 Å². The van der Waals surface area contributed by atoms with Crippen molar-refractivity contribution in [2.45, 2.75) is 128 Å². The monoisotopic (exact) mass is 462 g/mol. The number of ether oxygens (including phenoxy) is 1. The van der Waals surface area contributed by atoms with Crippen LogP contribution in [-0.4, -0.2) is 73.9 Å². The zero-order chi connectivity index (χ0) is 24.2. The first kappa shape index (κ1) is 31.0. The lowest BCUT2D eigenvalue weighted by atomic mass is 10.0. The highest BCUT2D eigenvalue weighted by Gasteiger charge is 2.35. The van der Waals surface area contributed by atoms with Crippen LogP contribution in [0, 0.1) is 0 Å². The van der Waals surface area contributed by atoms with E-state index in [4.69, 9.17) is 5.11 Å². The summed E-state index contributed by atoms with van der Waals surface area (Å²) < 4.78 is 4.58. The molecule has 0 aromatic rings. The third-order valence-electron chi connectivity index (χ3n) is 5.54. The molecule has 0 saturated carbocycles. The molecule has 0 aromatic carbocycles. The van der Waals surface area contributed by atoms with Gasteiger partial charge in [0.2, 0.25) is 6.29 Å². The molecule has 190 valence electrons. The molecule has 1 unspecified atom stereocenters. The number of aliphatic hydroxyl groups is 6. The minimum absolute atomic E-state index is 0.690. The fourth-order valence-electron chi connectivity index (χ4n) is 3.39. The van der Waals surface area contributed by atoms with Crippen LogP contribution in [0.4, 0.5) is 0 Å². The first-order valence-corrected chi connectivity index (χ1v) is 12.2. The highest BCUT2D eigenvalue weighted by molar-refractivity contribution is 5.81. The maximum Gasteiger partial charge on any atom is 0.332 e. The van der Waals surface area contributed by atoms with E-state index in [1.54, 1.807) is 6.08 Å². The molecule has 0 aliphatic carbocycles. The third kappa shape index (κ3) is 15.7. The number of allylic oxidation sites excluding steroid dienone is 1. The standard InChI is InChI=1S/C24H46O8/c1-2-3-4-5-6-7-8-9-10-11-12-13-14-15-16-17-20(27)32-24(31)23(30)22(29)21(28)19(26)18-25/h16-17,19,21-26,28-31H,2-15,18H2,1H3/b17-16+/t19-,21-,22-,23-,24?/m1/s1. The highest BCUT2D eigenvalue weighted by atomic mass is 16.6. The van der Waals surface area contributed by atoms with Gasteiger partial charge in [-0.15, -0.1) is 0 Å². The summed E-state index contributed by atoms with van der Waals surface area (Å²) in [5, 5.41) is 56.5. The first-order chi connectivity index (χ1) is 15.3. The fraction of sp³-hybridized carbons (Fsp3) is 0.875. The van der Waals surface area contributed by atoms with Gasteiger partial charge < -0.3 is 35.4 Å². The van der Waals surface area contributed by atoms with E-state index in [2.05, 4.69) is 11.7 Å². The van der Waals surface area contributed by atoms with Crippen LogP contribution in [0.15, 0.2) is 12.2 Å². The second-order valence-corrected chi connectivity index (χ2v) is 8.48. The van der Waals surface area contributed by atoms with Gasteiger partial charge in [0.25, 0.3) is 0 Å². The van der Waals surface area contributed by atoms with Crippen LogP contribution >= 0.6 is 0 Å². The summed E-state index contributed by atoms with van der Waals surface area (Å²) in [5.41, 5.74) is 0. The quantitative estimate of drug-likeness (QED) is 0.0659. The molecular weight excluding hydrogens is 416 g/mol. The van der Waals surface area contributed by atoms with E-state index in [-0.39, 0.29) is 0 Å². The van der Waals surface area contributed by atoms with Gasteiger partial charge in [-0.25, -0.2) is 4.79 Å². The van der Waals surface area contributed by atoms with Gasteiger partial charge in [0, 0.05) is 6.08 Å². The van der Waals surface area contributed by atoms with Crippen LogP contribution in [0.1, 0.15) is 96.8 Å². The number of hydrogen-bond acceptors (Lipinski definition) is 8. The second-order valence-electron chi connectivity index (χ2n) is 8.48. The summed E-state index contributed by atoms with van der Waals surface area (Å²) in [4.78, 5) is 11.7. The van der Waals surface area contributed by atoms with Crippen molar-refractivity contribution in [3.8, 4) is 0 Å². The molecule has 0 aliphatic rings. The Balaban J connectivity index is 3.73. The van der Waals surface area contributed by atoms with Crippen LogP contribution in [0.25, 0.3) is 0 Å². The lowest BCUT2D eigenvalue weighted by Crippen LogP contribution is -2.50. The molecule has 5 atom stereocenters. The number of aliphatic hydroxyl groups excluding tert-OH is 6. The van der Waals surface area contributed by atoms with Crippen molar-refractivity contribution in [2.24, 2.45) is 0 Å². The van der Waals surface area contributed by atoms with Gasteiger partial charge in [0.15, 0.2) is 0 Å². The van der Waals surface area contributed by atoms with Gasteiger partial charge in [-0.05, 0) is 12.8 Å². The smallest absolute Gasteiger partial charge is 0.332 e. The Hall–Kier alpha value is -1.03. The first-order valence-electron chi connectivity index (χ1n) is 12.2. The van der Waals surface area contributed by atoms with Gasteiger partial charge in [0.05, 0.1) is 6.61 Å². The summed E-state index contributed by atoms with van der Waals surface area (Å²) in [5.74, 6) is -0.893. The Morgan fingerprint density at radius 3 is 1.66 bits per heavy atom. The van der Waals surface area contributed by atoms with Crippen molar-refractivity contribution in [1.29, 1.82) is 0 Å². The molecule has 0 aromatic heterocycles. The van der Waals surface area contributed by atoms with Gasteiger partial charge in [-0.2, -0.15) is 0 Å². The molecule has 0 amide bonds. The molecule has 0 saturated heterocycles. The summed E-state index contributed by atoms with van der Waals surface area (Å²) in [6, 6.07) is 0. The van der Waals surface area contributed by atoms with Crippen molar-refractivity contribution in [2.75, 3.05) is 6.61 Å². The average Bonchev–Trinajstić information content (AvgIpc) is 2.79. The largest absolute Gasteiger partial charge is 0.430 e. The molecule has 0 rings (SSSR count). The lowest BCUT2D eigenvalue weighted by molar-refractivity contribution is -0.210. The van der Waals surface area contributed by atoms with E-state index in [0.717, 1.165) is 18.9 Å². The number of esters is 1. The number of carbonyl (C=O) groups is 1. The second kappa shape index (κ2) is 20.6. The zero-order valence-electron chi connectivity index (χ0n) is 19.6. The van der Waals surface area contributed by atoms with Crippen LogP contribution in [-0.2, 0) is 9.53 Å². The number of carbonyl (C=O) groups excluding carboxylic acids is 1. The van der Waals surface area contributed by atoms with Gasteiger partial charge in [0.1, 0.15) is 24.4 Å². The molecule has 0 aliphatic heterocycles. The Morgan fingerprint density at radius 1 is 0.719 bits per heavy atom. The number of unbranched alkanes of at least 4 members (excludes halogenated alkanes) is 13. The Labute approximate surface area is 192 Å². The van der Waals surface area contributed by atoms with Crippen molar-refractivity contribution in [3.05, 3.63) is 12.2 Å². The van der Waals surface area contributed by atoms with E-state index in [1.165, 1.54) is 70.6 Å². The maximum atomic E-state index is 11.7. The van der Waals surface area contributed by atoms with Crippen LogP contribution in [0.5, 0.6) is 0 Å². The van der Waals surface area contributed by atoms with Gasteiger partial charge in [-0.1, -0.05) is 90.0 Å². The van der Waals surface area contributed by atoms with Crippen LogP contribution in [0.3, 0.4) is 0 Å². The molecule has 8 heteroatoms. The molecule has 0 heterocycles. The minimum atomic E-state index is -2.08. The Bertz CT molecular complexity index is 471. The molecule has 6 N–H and O–H groups in total. The molecule has 0 radical (unpaired) electrons. The van der Waals surface area contributed by atoms with Gasteiger partial charge in [-0.3, -0.25) is 0 Å². The average molecular weight is 463 g/mol. The van der Waals surface area contributed by atoms with Crippen molar-refractivity contribution in [1.82, 2.24) is 0 Å². The molecule has 0 fully saturated rings. The van der Waals surface area contributed by atoms with Crippen molar-refractivity contribution < 1.29 is 40.2 Å². The summed E-state index contributed by atoms with van der Waals surface area (Å²) in [6.45, 7) is 1.39. The van der Waals surface area contributed by atoms with Crippen LogP contribution < -0.4 is 0 Å². The van der Waals surface area contributed by atoms with E-state index in [0.29, 0.717) is 6.42 Å². The predicted octanol–water partition coefficient (Wildman–Crippen LogP) is 2.32. The van der Waals surface area contributed by atoms with Crippen molar-refractivity contribution in [3.63, 3.8) is 0 Å². The SMILES string of the molecule is CCCCCCCCCCCCCCC/C=C/C(=O)OC(O)[C@H](O)[C@H](O)[C@H](O)[C@H](O)CO. The van der Waals surface area contributed by atoms with Crippen LogP contribution in [0.2, 0.25) is 0 Å². The molecule has 32 heavy (non-hydrogen) atoms. The van der Waals surface area contributed by atoms with E-state index in [1.807, 2.05) is 0 Å². The normalized spacial score (nSPS) is 16.6. The summed E-state index contributed by atoms with van der Waals surface area (Å²) >= 11 is 0. The predicted molar refractivity (Wildman–Crippen MR) is 123 cm³/mol. The van der Waals surface area contributed by atoms with Gasteiger partial charge >= 0.3 is 5.97 Å². The molecule has 0 spiro atoms. The zero-order valence-corrected chi connectivity index (χ0v) is 19.6. The van der Waals surface area contributed by atoms with Crippen molar-refractivity contribution >= 4 is 5.97 Å².